The SMILES string of the molecule is Cc1ccc(C)c(COC(=O)c2cc(N)cnc2C)c1. The molecule has 0 atom stereocenters. The molecule has 0 unspecified atom stereocenters. The predicted molar refractivity (Wildman–Crippen MR) is 78.4 cm³/mol. The number of esters is 1. The van der Waals surface area contributed by atoms with Crippen LogP contribution in [-0.4, -0.2) is 11.0 Å². The van der Waals surface area contributed by atoms with Crippen LogP contribution in [0.2, 0.25) is 0 Å². The Morgan fingerprint density at radius 2 is 2.00 bits per heavy atom. The van der Waals surface area contributed by atoms with Crippen LogP contribution >= 0.6 is 0 Å². The first-order valence-corrected chi connectivity index (χ1v) is 6.43. The van der Waals surface area contributed by atoms with E-state index in [9.17, 15) is 4.79 Å². The zero-order chi connectivity index (χ0) is 14.7. The summed E-state index contributed by atoms with van der Waals surface area (Å²) in [6, 6.07) is 7.67. The Morgan fingerprint density at radius 3 is 2.75 bits per heavy atom. The Balaban J connectivity index is 2.12. The van der Waals surface area contributed by atoms with E-state index in [2.05, 4.69) is 4.98 Å². The van der Waals surface area contributed by atoms with E-state index in [0.29, 0.717) is 16.9 Å². The fourth-order valence-corrected chi connectivity index (χ4v) is 1.93. The molecule has 1 aromatic carbocycles. The number of nitrogens with two attached hydrogens (primary N) is 1. The van der Waals surface area contributed by atoms with Gasteiger partial charge in [-0.25, -0.2) is 4.79 Å². The molecule has 0 amide bonds. The third-order valence-corrected chi connectivity index (χ3v) is 3.19. The van der Waals surface area contributed by atoms with Crippen molar-refractivity contribution in [1.29, 1.82) is 0 Å². The standard InChI is InChI=1S/C16H18N2O2/c1-10-4-5-11(2)13(6-10)9-20-16(19)15-7-14(17)8-18-12(15)3/h4-8H,9,17H2,1-3H3. The summed E-state index contributed by atoms with van der Waals surface area (Å²) >= 11 is 0. The number of carbonyl (C=O) groups is 1. The molecule has 0 radical (unpaired) electrons. The molecule has 2 rings (SSSR count). The molecule has 0 fully saturated rings. The second kappa shape index (κ2) is 5.74. The van der Waals surface area contributed by atoms with Gasteiger partial charge in [-0.3, -0.25) is 4.98 Å². The molecule has 0 aliphatic heterocycles. The van der Waals surface area contributed by atoms with Gasteiger partial charge in [0.15, 0.2) is 0 Å². The molecular formula is C16H18N2O2. The highest BCUT2D eigenvalue weighted by atomic mass is 16.5. The van der Waals surface area contributed by atoms with E-state index in [-0.39, 0.29) is 6.61 Å². The Labute approximate surface area is 118 Å². The molecule has 0 saturated carbocycles. The van der Waals surface area contributed by atoms with Gasteiger partial charge in [0.2, 0.25) is 0 Å². The minimum absolute atomic E-state index is 0.251. The van der Waals surface area contributed by atoms with Gasteiger partial charge in [-0.2, -0.15) is 0 Å². The zero-order valence-electron chi connectivity index (χ0n) is 11.9. The van der Waals surface area contributed by atoms with E-state index in [1.54, 1.807) is 13.0 Å². The molecule has 4 heteroatoms. The second-order valence-corrected chi connectivity index (χ2v) is 4.91. The molecular weight excluding hydrogens is 252 g/mol. The minimum Gasteiger partial charge on any atom is -0.457 e. The molecule has 104 valence electrons. The third-order valence-electron chi connectivity index (χ3n) is 3.19. The number of nitrogens with zero attached hydrogens (tertiary/aromatic N) is 1. The number of pyridine rings is 1. The number of hydrogen-bond donors (Lipinski definition) is 1. The molecule has 0 bridgehead atoms. The number of aromatic nitrogens is 1. The molecule has 1 aromatic heterocycles. The van der Waals surface area contributed by atoms with Crippen LogP contribution in [0.25, 0.3) is 0 Å². The van der Waals surface area contributed by atoms with Crippen molar-refractivity contribution in [3.05, 3.63) is 58.4 Å². The first kappa shape index (κ1) is 14.1. The number of ether oxygens (including phenoxy) is 1. The lowest BCUT2D eigenvalue weighted by Gasteiger charge is -2.10. The molecule has 0 saturated heterocycles. The highest BCUT2D eigenvalue weighted by Crippen LogP contribution is 2.15. The van der Waals surface area contributed by atoms with Gasteiger partial charge in [0.05, 0.1) is 23.1 Å². The van der Waals surface area contributed by atoms with Crippen LogP contribution in [0, 0.1) is 20.8 Å². The lowest BCUT2D eigenvalue weighted by atomic mass is 10.1. The van der Waals surface area contributed by atoms with Crippen molar-refractivity contribution in [2.24, 2.45) is 0 Å². The summed E-state index contributed by atoms with van der Waals surface area (Å²) in [5.41, 5.74) is 10.4. The Kier molecular flexibility index (Phi) is 4.03. The van der Waals surface area contributed by atoms with Crippen LogP contribution in [-0.2, 0) is 11.3 Å². The quantitative estimate of drug-likeness (QED) is 0.871. The molecule has 0 aliphatic carbocycles. The van der Waals surface area contributed by atoms with Crippen molar-refractivity contribution < 1.29 is 9.53 Å². The molecule has 1 heterocycles. The Hall–Kier alpha value is -2.36. The van der Waals surface area contributed by atoms with Gasteiger partial charge in [-0.15, -0.1) is 0 Å². The number of carbonyl (C=O) groups excluding carboxylic acids is 1. The summed E-state index contributed by atoms with van der Waals surface area (Å²) in [6.07, 6.45) is 1.52. The number of aryl methyl sites for hydroxylation is 3. The van der Waals surface area contributed by atoms with E-state index in [4.69, 9.17) is 10.5 Å². The smallest absolute Gasteiger partial charge is 0.340 e. The molecule has 4 nitrogen and oxygen atoms in total. The highest BCUT2D eigenvalue weighted by Gasteiger charge is 2.12. The molecule has 2 aromatic rings. The predicted octanol–water partition coefficient (Wildman–Crippen LogP) is 2.95. The van der Waals surface area contributed by atoms with Crippen LogP contribution in [0.1, 0.15) is 32.7 Å². The summed E-state index contributed by atoms with van der Waals surface area (Å²) in [6.45, 7) is 6.02. The van der Waals surface area contributed by atoms with Gasteiger partial charge in [-0.1, -0.05) is 23.8 Å². The van der Waals surface area contributed by atoms with Crippen LogP contribution in [0.4, 0.5) is 5.69 Å². The molecule has 0 spiro atoms. The summed E-state index contributed by atoms with van der Waals surface area (Å²) in [5, 5.41) is 0. The largest absolute Gasteiger partial charge is 0.457 e. The number of hydrogen-bond acceptors (Lipinski definition) is 4. The summed E-state index contributed by atoms with van der Waals surface area (Å²) < 4.78 is 5.35. The number of nitrogen functional groups attached to an aromatic ring is 1. The number of anilines is 1. The van der Waals surface area contributed by atoms with E-state index in [1.165, 1.54) is 6.20 Å². The van der Waals surface area contributed by atoms with Crippen LogP contribution in [0.15, 0.2) is 30.5 Å². The minimum atomic E-state index is -0.400. The zero-order valence-corrected chi connectivity index (χ0v) is 11.9. The van der Waals surface area contributed by atoms with E-state index in [1.807, 2.05) is 32.0 Å². The van der Waals surface area contributed by atoms with Crippen LogP contribution < -0.4 is 5.73 Å². The lowest BCUT2D eigenvalue weighted by Crippen LogP contribution is -2.09. The van der Waals surface area contributed by atoms with Gasteiger partial charge >= 0.3 is 5.97 Å². The van der Waals surface area contributed by atoms with Crippen molar-refractivity contribution in [3.8, 4) is 0 Å². The first-order valence-electron chi connectivity index (χ1n) is 6.43. The number of rotatable bonds is 3. The van der Waals surface area contributed by atoms with Gasteiger partial charge in [0.25, 0.3) is 0 Å². The van der Waals surface area contributed by atoms with Crippen molar-refractivity contribution in [3.63, 3.8) is 0 Å². The molecule has 0 aliphatic rings. The fourth-order valence-electron chi connectivity index (χ4n) is 1.93. The second-order valence-electron chi connectivity index (χ2n) is 4.91. The Morgan fingerprint density at radius 1 is 1.25 bits per heavy atom. The van der Waals surface area contributed by atoms with E-state index in [0.717, 1.165) is 16.7 Å². The lowest BCUT2D eigenvalue weighted by molar-refractivity contribution is 0.0470. The van der Waals surface area contributed by atoms with Gasteiger partial charge in [-0.05, 0) is 38.0 Å². The summed E-state index contributed by atoms with van der Waals surface area (Å²) in [5.74, 6) is -0.400. The average molecular weight is 270 g/mol. The summed E-state index contributed by atoms with van der Waals surface area (Å²) in [4.78, 5) is 16.1. The third kappa shape index (κ3) is 3.15. The molecule has 20 heavy (non-hydrogen) atoms. The van der Waals surface area contributed by atoms with Crippen molar-refractivity contribution >= 4 is 11.7 Å². The van der Waals surface area contributed by atoms with Crippen LogP contribution in [0.3, 0.4) is 0 Å². The maximum atomic E-state index is 12.1. The monoisotopic (exact) mass is 270 g/mol. The fraction of sp³-hybridized carbons (Fsp3) is 0.250. The maximum Gasteiger partial charge on any atom is 0.340 e. The summed E-state index contributed by atoms with van der Waals surface area (Å²) in [7, 11) is 0. The van der Waals surface area contributed by atoms with E-state index < -0.39 is 5.97 Å². The van der Waals surface area contributed by atoms with E-state index >= 15 is 0 Å². The maximum absolute atomic E-state index is 12.1. The van der Waals surface area contributed by atoms with Crippen molar-refractivity contribution in [2.45, 2.75) is 27.4 Å². The average Bonchev–Trinajstić information content (AvgIpc) is 2.42. The Bertz CT molecular complexity index is 651. The highest BCUT2D eigenvalue weighted by molar-refractivity contribution is 5.91. The van der Waals surface area contributed by atoms with Crippen LogP contribution in [0.5, 0.6) is 0 Å². The van der Waals surface area contributed by atoms with Crippen molar-refractivity contribution in [1.82, 2.24) is 4.98 Å². The van der Waals surface area contributed by atoms with Crippen molar-refractivity contribution in [2.75, 3.05) is 5.73 Å². The van der Waals surface area contributed by atoms with Gasteiger partial charge in [0.1, 0.15) is 6.61 Å². The topological polar surface area (TPSA) is 65.2 Å². The van der Waals surface area contributed by atoms with Gasteiger partial charge in [0, 0.05) is 0 Å². The normalized spacial score (nSPS) is 10.3. The number of benzene rings is 1. The molecule has 2 N–H and O–H groups in total. The van der Waals surface area contributed by atoms with Gasteiger partial charge < -0.3 is 10.5 Å². The first-order chi connectivity index (χ1) is 9.47.